The summed E-state index contributed by atoms with van der Waals surface area (Å²) in [4.78, 5) is -1.33. The van der Waals surface area contributed by atoms with Crippen LogP contribution < -0.4 is 59.1 Å². The molecule has 18 heavy (non-hydrogen) atoms. The van der Waals surface area contributed by atoms with Crippen LogP contribution in [0.25, 0.3) is 0 Å². The average Bonchev–Trinajstić information content (AvgIpc) is 2.14. The summed E-state index contributed by atoms with van der Waals surface area (Å²) in [5.41, 5.74) is 0. The molecule has 6 nitrogen and oxygen atoms in total. The van der Waals surface area contributed by atoms with Gasteiger partial charge in [0.05, 0.1) is 9.79 Å². The Morgan fingerprint density at radius 2 is 1.50 bits per heavy atom. The van der Waals surface area contributed by atoms with Crippen molar-refractivity contribution in [2.45, 2.75) is 14.7 Å². The number of thioether (sulfide) groups is 1. The summed E-state index contributed by atoms with van der Waals surface area (Å²) < 4.78 is 64.4. The number of rotatable bonds is 3. The topological polar surface area (TPSA) is 114 Å². The fraction of sp³-hybridized carbons (Fsp3) is 0.143. The molecule has 0 aliphatic heterocycles. The number of hydrogen-bond acceptors (Lipinski definition) is 7. The van der Waals surface area contributed by atoms with Gasteiger partial charge in [-0.05, 0) is 24.5 Å². The molecule has 0 unspecified atom stereocenters. The minimum atomic E-state index is -4.80. The number of hydrogen-bond donors (Lipinski definition) is 0. The molecule has 0 aromatic heterocycles. The molecule has 0 atom stereocenters. The normalized spacial score (nSPS) is 11.3. The Labute approximate surface area is 154 Å². The van der Waals surface area contributed by atoms with Gasteiger partial charge in [-0.1, -0.05) is 0 Å². The summed E-state index contributed by atoms with van der Waals surface area (Å²) in [6, 6.07) is 2.65. The molecule has 0 aliphatic carbocycles. The molecule has 1 aromatic rings. The van der Waals surface area contributed by atoms with Crippen LogP contribution in [0.5, 0.6) is 0 Å². The third-order valence-corrected chi connectivity index (χ3v) is 4.33. The fourth-order valence-corrected chi connectivity index (χ4v) is 3.19. The largest absolute Gasteiger partial charge is 1.00 e. The molecule has 0 fully saturated rings. The molecular formula is C7H6Na2O6S3. The zero-order chi connectivity index (χ0) is 12.6. The van der Waals surface area contributed by atoms with E-state index in [1.807, 2.05) is 0 Å². The monoisotopic (exact) mass is 328 g/mol. The van der Waals surface area contributed by atoms with Gasteiger partial charge in [0.1, 0.15) is 20.2 Å². The molecule has 0 heterocycles. The van der Waals surface area contributed by atoms with Gasteiger partial charge in [-0.2, -0.15) is 0 Å². The predicted octanol–water partition coefficient (Wildman–Crippen LogP) is -5.78. The first-order chi connectivity index (χ1) is 7.16. The van der Waals surface area contributed by atoms with Crippen LogP contribution in [0.4, 0.5) is 0 Å². The molecule has 0 aliphatic rings. The van der Waals surface area contributed by atoms with E-state index in [9.17, 15) is 25.9 Å². The van der Waals surface area contributed by atoms with Gasteiger partial charge in [0.25, 0.3) is 0 Å². The van der Waals surface area contributed by atoms with Gasteiger partial charge in [0, 0.05) is 4.90 Å². The third kappa shape index (κ3) is 5.80. The Morgan fingerprint density at radius 3 is 1.83 bits per heavy atom. The molecule has 0 saturated carbocycles. The van der Waals surface area contributed by atoms with E-state index in [2.05, 4.69) is 0 Å². The van der Waals surface area contributed by atoms with Crippen molar-refractivity contribution in [3.05, 3.63) is 18.2 Å². The molecule has 1 aromatic carbocycles. The van der Waals surface area contributed by atoms with Crippen molar-refractivity contribution in [2.75, 3.05) is 6.26 Å². The van der Waals surface area contributed by atoms with Crippen LogP contribution in [0.3, 0.4) is 0 Å². The van der Waals surface area contributed by atoms with Crippen molar-refractivity contribution in [1.82, 2.24) is 0 Å². The van der Waals surface area contributed by atoms with Crippen molar-refractivity contribution in [1.29, 1.82) is 0 Å². The molecule has 0 amide bonds. The maximum Gasteiger partial charge on any atom is 1.00 e. The Morgan fingerprint density at radius 1 is 1.00 bits per heavy atom. The van der Waals surface area contributed by atoms with Crippen molar-refractivity contribution in [3.63, 3.8) is 0 Å². The first-order valence-electron chi connectivity index (χ1n) is 3.76. The summed E-state index contributed by atoms with van der Waals surface area (Å²) in [7, 11) is -9.58. The van der Waals surface area contributed by atoms with Crippen molar-refractivity contribution < 1.29 is 85.1 Å². The summed E-state index contributed by atoms with van der Waals surface area (Å²) in [6.07, 6.45) is 1.52. The van der Waals surface area contributed by atoms with Gasteiger partial charge in [-0.3, -0.25) is 0 Å². The van der Waals surface area contributed by atoms with Crippen LogP contribution in [0.2, 0.25) is 0 Å². The van der Waals surface area contributed by atoms with Crippen molar-refractivity contribution in [3.8, 4) is 0 Å². The van der Waals surface area contributed by atoms with E-state index >= 15 is 0 Å². The average molecular weight is 328 g/mol. The molecule has 0 spiro atoms. The maximum atomic E-state index is 10.8. The minimum absolute atomic E-state index is 0. The zero-order valence-corrected chi connectivity index (χ0v) is 16.4. The summed E-state index contributed by atoms with van der Waals surface area (Å²) in [6.45, 7) is 0. The van der Waals surface area contributed by atoms with E-state index in [0.29, 0.717) is 6.07 Å². The van der Waals surface area contributed by atoms with Crippen LogP contribution in [-0.4, -0.2) is 32.2 Å². The van der Waals surface area contributed by atoms with Gasteiger partial charge in [-0.15, -0.1) is 11.8 Å². The summed E-state index contributed by atoms with van der Waals surface area (Å²) in [5.74, 6) is 0. The summed E-state index contributed by atoms with van der Waals surface area (Å²) >= 11 is 0.966. The molecular weight excluding hydrogens is 322 g/mol. The van der Waals surface area contributed by atoms with Gasteiger partial charge in [-0.25, -0.2) is 16.8 Å². The van der Waals surface area contributed by atoms with Gasteiger partial charge in [0.2, 0.25) is 0 Å². The van der Waals surface area contributed by atoms with E-state index in [4.69, 9.17) is 0 Å². The van der Waals surface area contributed by atoms with Crippen LogP contribution in [0.1, 0.15) is 0 Å². The van der Waals surface area contributed by atoms with Crippen LogP contribution in [0, 0.1) is 0 Å². The quantitative estimate of drug-likeness (QED) is 0.308. The molecule has 0 saturated heterocycles. The zero-order valence-electron chi connectivity index (χ0n) is 9.91. The number of benzene rings is 1. The SMILES string of the molecule is CSc1ccc(S(=O)(=O)[O-])cc1S(=O)(=O)[O-].[Na+].[Na+]. The van der Waals surface area contributed by atoms with E-state index in [1.54, 1.807) is 0 Å². The first kappa shape index (κ1) is 21.7. The van der Waals surface area contributed by atoms with E-state index in [1.165, 1.54) is 6.26 Å². The molecule has 11 heteroatoms. The Balaban J connectivity index is 0. The Kier molecular flexibility index (Phi) is 9.62. The second kappa shape index (κ2) is 7.99. The van der Waals surface area contributed by atoms with E-state index in [0.717, 1.165) is 23.9 Å². The Bertz CT molecular complexity index is 610. The maximum absolute atomic E-state index is 10.8. The third-order valence-electron chi connectivity index (χ3n) is 1.69. The van der Waals surface area contributed by atoms with E-state index in [-0.39, 0.29) is 64.0 Å². The van der Waals surface area contributed by atoms with Crippen molar-refractivity contribution in [2.24, 2.45) is 0 Å². The van der Waals surface area contributed by atoms with Crippen LogP contribution in [-0.2, 0) is 20.2 Å². The van der Waals surface area contributed by atoms with Gasteiger partial charge >= 0.3 is 59.1 Å². The van der Waals surface area contributed by atoms with Gasteiger partial charge < -0.3 is 9.11 Å². The molecule has 0 bridgehead atoms. The second-order valence-corrected chi connectivity index (χ2v) is 6.30. The molecule has 0 N–H and O–H groups in total. The second-order valence-electron chi connectivity index (χ2n) is 2.72. The summed E-state index contributed by atoms with van der Waals surface area (Å²) in [5, 5.41) is 0. The standard InChI is InChI=1S/C7H8O6S3.2Na/c1-14-6-3-2-5(15(8,9)10)4-7(6)16(11,12)13;;/h2-4H,1H3,(H,8,9,10)(H,11,12,13);;/q;2*+1/p-2. The molecule has 0 radical (unpaired) electrons. The van der Waals surface area contributed by atoms with Crippen LogP contribution >= 0.6 is 11.8 Å². The fourth-order valence-electron chi connectivity index (χ4n) is 1.01. The van der Waals surface area contributed by atoms with E-state index < -0.39 is 30.0 Å². The smallest absolute Gasteiger partial charge is 0.744 e. The van der Waals surface area contributed by atoms with Gasteiger partial charge in [0.15, 0.2) is 0 Å². The Hall–Kier alpha value is 1.39. The molecule has 90 valence electrons. The van der Waals surface area contributed by atoms with Crippen molar-refractivity contribution >= 4 is 32.0 Å². The predicted molar refractivity (Wildman–Crippen MR) is 54.1 cm³/mol. The molecule has 1 rings (SSSR count). The first-order valence-corrected chi connectivity index (χ1v) is 7.80. The minimum Gasteiger partial charge on any atom is -0.744 e. The van der Waals surface area contributed by atoms with Crippen LogP contribution in [0.15, 0.2) is 32.9 Å².